The van der Waals surface area contributed by atoms with Gasteiger partial charge in [-0.1, -0.05) is 26.5 Å². The number of nitrogens with zero attached hydrogens (tertiary/aromatic N) is 5. The number of phenolic OH excluding ortho intramolecular Hbond substituents is 1. The number of amides is 1. The van der Waals surface area contributed by atoms with Gasteiger partial charge < -0.3 is 19.6 Å². The number of anilines is 1. The van der Waals surface area contributed by atoms with Gasteiger partial charge >= 0.3 is 5.69 Å². The number of piperazine rings is 1. The fourth-order valence-corrected chi connectivity index (χ4v) is 6.60. The van der Waals surface area contributed by atoms with Crippen LogP contribution in [-0.2, 0) is 11.4 Å². The third kappa shape index (κ3) is 4.45. The average molecular weight is 580 g/mol. The Labute approximate surface area is 251 Å². The van der Waals surface area contributed by atoms with Crippen LogP contribution in [0.3, 0.4) is 0 Å². The molecule has 0 aliphatic carbocycles. The van der Waals surface area contributed by atoms with Crippen LogP contribution in [0, 0.1) is 20.8 Å². The molecule has 1 saturated heterocycles. The Bertz CT molecular complexity index is 1880. The van der Waals surface area contributed by atoms with Crippen LogP contribution >= 0.6 is 0 Å². The lowest BCUT2D eigenvalue weighted by molar-refractivity contribution is -0.126. The summed E-state index contributed by atoms with van der Waals surface area (Å²) in [7, 11) is 0. The van der Waals surface area contributed by atoms with Crippen LogP contribution in [0.1, 0.15) is 54.6 Å². The van der Waals surface area contributed by atoms with Gasteiger partial charge in [-0.25, -0.2) is 4.79 Å². The summed E-state index contributed by atoms with van der Waals surface area (Å²) < 4.78 is 8.22. The van der Waals surface area contributed by atoms with E-state index in [1.807, 2.05) is 39.8 Å². The fourth-order valence-electron chi connectivity index (χ4n) is 6.60. The second kappa shape index (κ2) is 10.6. The molecule has 43 heavy (non-hydrogen) atoms. The quantitative estimate of drug-likeness (QED) is 0.327. The minimum Gasteiger partial charge on any atom is -0.508 e. The van der Waals surface area contributed by atoms with Gasteiger partial charge in [0.05, 0.1) is 11.4 Å². The molecule has 0 unspecified atom stereocenters. The maximum absolute atomic E-state index is 14.3. The second-order valence-electron chi connectivity index (χ2n) is 11.9. The van der Waals surface area contributed by atoms with E-state index in [1.165, 1.54) is 6.08 Å². The van der Waals surface area contributed by atoms with Gasteiger partial charge in [0.1, 0.15) is 23.7 Å². The molecule has 4 aromatic rings. The van der Waals surface area contributed by atoms with E-state index in [1.54, 1.807) is 21.7 Å². The zero-order valence-electron chi connectivity index (χ0n) is 25.6. The lowest BCUT2D eigenvalue weighted by atomic mass is 9.88. The molecule has 2 aliphatic heterocycles. The molecule has 1 N–H and O–H groups in total. The molecule has 9 nitrogen and oxygen atoms in total. The first kappa shape index (κ1) is 28.5. The normalized spacial score (nSPS) is 16.2. The Morgan fingerprint density at radius 2 is 1.91 bits per heavy atom. The van der Waals surface area contributed by atoms with Crippen molar-refractivity contribution in [3.8, 4) is 28.3 Å². The molecule has 2 aromatic carbocycles. The van der Waals surface area contributed by atoms with E-state index in [-0.39, 0.29) is 23.6 Å². The number of aryl methyl sites for hydroxylation is 2. The maximum atomic E-state index is 14.3. The van der Waals surface area contributed by atoms with Crippen molar-refractivity contribution >= 4 is 22.6 Å². The van der Waals surface area contributed by atoms with Crippen molar-refractivity contribution < 1.29 is 14.6 Å². The van der Waals surface area contributed by atoms with Crippen LogP contribution in [0.15, 0.2) is 47.9 Å². The summed E-state index contributed by atoms with van der Waals surface area (Å²) in [6.45, 7) is 17.5. The Morgan fingerprint density at radius 3 is 2.60 bits per heavy atom. The first-order valence-corrected chi connectivity index (χ1v) is 14.7. The van der Waals surface area contributed by atoms with Crippen molar-refractivity contribution in [2.24, 2.45) is 0 Å². The SMILES string of the molecule is C=CC(=O)N1CCN(c2nc(=O)n(-c3c(C)ccnc3C(C)C)c3c4c(c(C)cc23)-c2c(ccc(O)c2C)CO4)[C@@H](C)C1. The largest absolute Gasteiger partial charge is 0.508 e. The highest BCUT2D eigenvalue weighted by Crippen LogP contribution is 2.49. The molecule has 222 valence electrons. The summed E-state index contributed by atoms with van der Waals surface area (Å²) in [4.78, 5) is 40.0. The van der Waals surface area contributed by atoms with E-state index in [4.69, 9.17) is 14.7 Å². The number of phenols is 1. The van der Waals surface area contributed by atoms with E-state index >= 15 is 0 Å². The van der Waals surface area contributed by atoms with Crippen molar-refractivity contribution in [2.45, 2.75) is 60.1 Å². The van der Waals surface area contributed by atoms with Gasteiger partial charge in [-0.15, -0.1) is 0 Å². The lowest BCUT2D eigenvalue weighted by Crippen LogP contribution is -2.54. The fraction of sp³-hybridized carbons (Fsp3) is 0.353. The Morgan fingerprint density at radius 1 is 1.14 bits per heavy atom. The van der Waals surface area contributed by atoms with Crippen LogP contribution in [0.25, 0.3) is 27.7 Å². The zero-order valence-corrected chi connectivity index (χ0v) is 25.6. The average Bonchev–Trinajstić information content (AvgIpc) is 2.98. The van der Waals surface area contributed by atoms with Gasteiger partial charge in [0.15, 0.2) is 5.75 Å². The maximum Gasteiger partial charge on any atom is 0.354 e. The van der Waals surface area contributed by atoms with E-state index < -0.39 is 5.69 Å². The van der Waals surface area contributed by atoms with Crippen LogP contribution in [0.4, 0.5) is 5.82 Å². The lowest BCUT2D eigenvalue weighted by Gasteiger charge is -2.40. The number of pyridine rings is 1. The summed E-state index contributed by atoms with van der Waals surface area (Å²) in [5.41, 5.74) is 7.08. The van der Waals surface area contributed by atoms with Crippen LogP contribution in [-0.4, -0.2) is 56.1 Å². The molecule has 0 saturated carbocycles. The zero-order chi connectivity index (χ0) is 30.7. The molecule has 6 rings (SSSR count). The van der Waals surface area contributed by atoms with E-state index in [0.29, 0.717) is 49.0 Å². The smallest absolute Gasteiger partial charge is 0.354 e. The summed E-state index contributed by atoms with van der Waals surface area (Å²) >= 11 is 0. The number of carbonyl (C=O) groups excluding carboxylic acids is 1. The van der Waals surface area contributed by atoms with Gasteiger partial charge in [0.2, 0.25) is 5.91 Å². The summed E-state index contributed by atoms with van der Waals surface area (Å²) in [5, 5.41) is 11.5. The first-order chi connectivity index (χ1) is 20.5. The van der Waals surface area contributed by atoms with Crippen molar-refractivity contribution in [2.75, 3.05) is 24.5 Å². The van der Waals surface area contributed by atoms with Gasteiger partial charge in [-0.05, 0) is 85.7 Å². The number of aromatic nitrogens is 3. The number of hydrogen-bond acceptors (Lipinski definition) is 7. The number of carbonyl (C=O) groups is 1. The molecule has 0 radical (unpaired) electrons. The number of aromatic hydroxyl groups is 1. The monoisotopic (exact) mass is 579 g/mol. The van der Waals surface area contributed by atoms with E-state index in [0.717, 1.165) is 44.5 Å². The minimum atomic E-state index is -0.426. The molecule has 1 amide bonds. The van der Waals surface area contributed by atoms with E-state index in [9.17, 15) is 14.7 Å². The van der Waals surface area contributed by atoms with Gasteiger partial charge in [-0.3, -0.25) is 14.3 Å². The molecule has 9 heteroatoms. The van der Waals surface area contributed by atoms with Crippen LogP contribution < -0.4 is 15.3 Å². The molecule has 0 spiro atoms. The number of ether oxygens (including phenoxy) is 1. The second-order valence-corrected chi connectivity index (χ2v) is 11.9. The first-order valence-electron chi connectivity index (χ1n) is 14.7. The topological polar surface area (TPSA) is 101 Å². The molecule has 1 fully saturated rings. The van der Waals surface area contributed by atoms with Crippen molar-refractivity contribution in [1.29, 1.82) is 0 Å². The van der Waals surface area contributed by atoms with Gasteiger partial charge in [0.25, 0.3) is 0 Å². The predicted octanol–water partition coefficient (Wildman–Crippen LogP) is 5.32. The Kier molecular flexibility index (Phi) is 6.99. The Hall–Kier alpha value is -4.66. The third-order valence-corrected chi connectivity index (χ3v) is 8.77. The summed E-state index contributed by atoms with van der Waals surface area (Å²) in [6, 6.07) is 7.48. The van der Waals surface area contributed by atoms with Crippen LogP contribution in [0.2, 0.25) is 0 Å². The Balaban J connectivity index is 1.71. The van der Waals surface area contributed by atoms with Crippen LogP contribution in [0.5, 0.6) is 11.5 Å². The molecule has 2 aromatic heterocycles. The molecule has 0 bridgehead atoms. The van der Waals surface area contributed by atoms with Gasteiger partial charge in [-0.2, -0.15) is 4.98 Å². The molecule has 4 heterocycles. The highest BCUT2D eigenvalue weighted by molar-refractivity contribution is 6.02. The highest BCUT2D eigenvalue weighted by Gasteiger charge is 2.33. The molecule has 1 atom stereocenters. The van der Waals surface area contributed by atoms with Crippen molar-refractivity contribution in [1.82, 2.24) is 19.4 Å². The summed E-state index contributed by atoms with van der Waals surface area (Å²) in [5.74, 6) is 1.31. The molecular weight excluding hydrogens is 542 g/mol. The minimum absolute atomic E-state index is 0.0501. The van der Waals surface area contributed by atoms with Crippen molar-refractivity contribution in [3.05, 3.63) is 81.5 Å². The van der Waals surface area contributed by atoms with E-state index in [2.05, 4.69) is 31.4 Å². The van der Waals surface area contributed by atoms with Crippen molar-refractivity contribution in [3.63, 3.8) is 0 Å². The third-order valence-electron chi connectivity index (χ3n) is 8.77. The number of hydrogen-bond donors (Lipinski definition) is 1. The highest BCUT2D eigenvalue weighted by atomic mass is 16.5. The predicted molar refractivity (Wildman–Crippen MR) is 168 cm³/mol. The number of rotatable bonds is 4. The molecular formula is C34H37N5O4. The standard InChI is InChI=1S/C34H37N5O4/c1-8-26(41)37-13-14-38(21(6)16-37)33-24-15-20(5)27-28-22(7)25(40)10-9-23(28)17-43-32(27)31(24)39(34(42)36-33)30-19(4)11-12-35-29(30)18(2)3/h8-12,15,18,21,40H,1,13-14,16-17H2,2-7H3/t21-/m0/s1. The summed E-state index contributed by atoms with van der Waals surface area (Å²) in [6.07, 6.45) is 3.11. The van der Waals surface area contributed by atoms with Gasteiger partial charge in [0, 0.05) is 42.8 Å². The molecule has 2 aliphatic rings. The number of fused-ring (bicyclic) bond motifs is 5. The number of benzene rings is 2.